The van der Waals surface area contributed by atoms with Gasteiger partial charge in [0, 0.05) is 23.5 Å². The molecule has 1 saturated heterocycles. The van der Waals surface area contributed by atoms with Crippen molar-refractivity contribution in [2.45, 2.75) is 89.3 Å². The van der Waals surface area contributed by atoms with Crippen LogP contribution in [-0.4, -0.2) is 78.9 Å². The molecule has 50 heavy (non-hydrogen) atoms. The van der Waals surface area contributed by atoms with Gasteiger partial charge in [-0.1, -0.05) is 94.4 Å². The average molecular weight is 706 g/mol. The van der Waals surface area contributed by atoms with Gasteiger partial charge in [-0.3, -0.25) is 19.1 Å². The van der Waals surface area contributed by atoms with E-state index >= 15 is 0 Å². The number of likely N-dealkylation sites (tertiary alicyclic amines) is 1. The highest BCUT2D eigenvalue weighted by Gasteiger charge is 2.62. The van der Waals surface area contributed by atoms with Crippen LogP contribution in [0.25, 0.3) is 11.1 Å². The Bertz CT molecular complexity index is 1770. The van der Waals surface area contributed by atoms with Crippen molar-refractivity contribution in [3.63, 3.8) is 0 Å². The van der Waals surface area contributed by atoms with Crippen molar-refractivity contribution in [3.05, 3.63) is 72.3 Å². The SMILES string of the molecule is C=C[C@@H]1C[C@@]1(NC(=O)[C@@H]1C[C@@H](ON=C2c3ccccc3-c3ccccc32)CN1C(=O)[C@H](NOCC(C)(C)C)C(C)C)C(=O)NS(=O)(=O)C1CC1. The molecule has 0 radical (unpaired) electrons. The van der Waals surface area contributed by atoms with Gasteiger partial charge in [-0.15, -0.1) is 6.58 Å². The van der Waals surface area contributed by atoms with Gasteiger partial charge in [0.05, 0.1) is 18.4 Å². The van der Waals surface area contributed by atoms with Crippen LogP contribution >= 0.6 is 0 Å². The van der Waals surface area contributed by atoms with E-state index in [9.17, 15) is 22.8 Å². The summed E-state index contributed by atoms with van der Waals surface area (Å²) in [5, 5.41) is 6.82. The van der Waals surface area contributed by atoms with E-state index in [0.717, 1.165) is 22.3 Å². The summed E-state index contributed by atoms with van der Waals surface area (Å²) in [6.45, 7) is 14.0. The minimum Gasteiger partial charge on any atom is -0.390 e. The smallest absolute Gasteiger partial charge is 0.259 e. The second-order valence-corrected chi connectivity index (χ2v) is 17.3. The minimum absolute atomic E-state index is 0.0569. The molecule has 268 valence electrons. The van der Waals surface area contributed by atoms with Crippen LogP contribution in [0.3, 0.4) is 0 Å². The zero-order chi connectivity index (χ0) is 36.0. The van der Waals surface area contributed by atoms with Gasteiger partial charge in [0.25, 0.3) is 5.91 Å². The lowest BCUT2D eigenvalue weighted by Gasteiger charge is -2.31. The number of nitrogens with one attached hydrogen (secondary N) is 3. The molecule has 0 bridgehead atoms. The van der Waals surface area contributed by atoms with Crippen LogP contribution in [0.15, 0.2) is 66.3 Å². The van der Waals surface area contributed by atoms with Crippen molar-refractivity contribution in [2.75, 3.05) is 13.2 Å². The standard InChI is InChI=1S/C37H47N5O7S/c1-7-23-19-37(23,35(45)41-50(46,47)25-16-17-25)38-33(43)30-18-24(20-42(30)34(44)31(22(2)3)39-48-21-36(4,5)6)49-40-32-28-14-10-8-12-26(28)27-13-9-11-15-29(27)32/h7-15,22-25,30-31,39H,1,16-21H2,2-6H3,(H,38,43)(H,41,45)/t23-,24-,30+,31-,37+/m1/s1. The Morgan fingerprint density at radius 1 is 1.04 bits per heavy atom. The molecule has 3 aliphatic carbocycles. The van der Waals surface area contributed by atoms with Crippen LogP contribution in [0.1, 0.15) is 71.4 Å². The number of hydrogen-bond acceptors (Lipinski definition) is 9. The summed E-state index contributed by atoms with van der Waals surface area (Å²) in [6, 6.07) is 14.0. The Hall–Kier alpha value is -4.07. The molecule has 0 aromatic heterocycles. The van der Waals surface area contributed by atoms with Gasteiger partial charge in [0.15, 0.2) is 0 Å². The normalized spacial score (nSPS) is 24.6. The summed E-state index contributed by atoms with van der Waals surface area (Å²) in [4.78, 5) is 55.2. The third-order valence-electron chi connectivity index (χ3n) is 9.69. The summed E-state index contributed by atoms with van der Waals surface area (Å²) < 4.78 is 27.5. The van der Waals surface area contributed by atoms with Crippen LogP contribution < -0.4 is 15.5 Å². The minimum atomic E-state index is -3.85. The number of hydrogen-bond donors (Lipinski definition) is 3. The van der Waals surface area contributed by atoms with E-state index in [1.54, 1.807) is 0 Å². The number of oxime groups is 1. The topological polar surface area (TPSA) is 156 Å². The quantitative estimate of drug-likeness (QED) is 0.180. The van der Waals surface area contributed by atoms with Crippen molar-refractivity contribution >= 4 is 33.5 Å². The maximum atomic E-state index is 14.2. The maximum absolute atomic E-state index is 14.2. The molecule has 1 heterocycles. The lowest BCUT2D eigenvalue weighted by Crippen LogP contribution is -2.58. The first kappa shape index (κ1) is 35.7. The predicted molar refractivity (Wildman–Crippen MR) is 189 cm³/mol. The van der Waals surface area contributed by atoms with Crippen molar-refractivity contribution in [1.29, 1.82) is 0 Å². The summed E-state index contributed by atoms with van der Waals surface area (Å²) in [7, 11) is -3.85. The van der Waals surface area contributed by atoms with E-state index in [1.165, 1.54) is 11.0 Å². The van der Waals surface area contributed by atoms with Crippen LogP contribution in [0, 0.1) is 17.3 Å². The largest absolute Gasteiger partial charge is 0.390 e. The van der Waals surface area contributed by atoms with Crippen molar-refractivity contribution in [3.8, 4) is 11.1 Å². The first-order chi connectivity index (χ1) is 23.6. The molecule has 0 spiro atoms. The molecule has 3 fully saturated rings. The Morgan fingerprint density at radius 2 is 1.64 bits per heavy atom. The summed E-state index contributed by atoms with van der Waals surface area (Å²) in [6.07, 6.45) is 2.14. The molecule has 13 heteroatoms. The molecule has 2 aromatic rings. The first-order valence-electron chi connectivity index (χ1n) is 17.3. The van der Waals surface area contributed by atoms with E-state index < -0.39 is 56.7 Å². The number of benzene rings is 2. The Labute approximate surface area is 294 Å². The molecule has 6 rings (SSSR count). The average Bonchev–Trinajstić information content (AvgIpc) is 3.97. The van der Waals surface area contributed by atoms with Gasteiger partial charge in [-0.05, 0) is 41.7 Å². The third-order valence-corrected chi connectivity index (χ3v) is 11.5. The summed E-state index contributed by atoms with van der Waals surface area (Å²) in [5.74, 6) is -2.42. The van der Waals surface area contributed by atoms with Crippen LogP contribution in [-0.2, 0) is 34.1 Å². The van der Waals surface area contributed by atoms with Gasteiger partial charge in [-0.25, -0.2) is 8.42 Å². The van der Waals surface area contributed by atoms with Crippen LogP contribution in [0.4, 0.5) is 0 Å². The highest BCUT2D eigenvalue weighted by atomic mass is 32.2. The zero-order valence-corrected chi connectivity index (χ0v) is 30.1. The van der Waals surface area contributed by atoms with Gasteiger partial charge >= 0.3 is 0 Å². The van der Waals surface area contributed by atoms with E-state index in [0.29, 0.717) is 25.2 Å². The van der Waals surface area contributed by atoms with E-state index in [2.05, 4.69) is 27.3 Å². The summed E-state index contributed by atoms with van der Waals surface area (Å²) >= 11 is 0. The van der Waals surface area contributed by atoms with Crippen molar-refractivity contribution in [2.24, 2.45) is 22.4 Å². The fourth-order valence-electron chi connectivity index (χ4n) is 6.60. The van der Waals surface area contributed by atoms with E-state index in [-0.39, 0.29) is 36.6 Å². The Kier molecular flexibility index (Phi) is 9.70. The van der Waals surface area contributed by atoms with E-state index in [4.69, 9.17) is 9.68 Å². The lowest BCUT2D eigenvalue weighted by atomic mass is 9.99. The fraction of sp³-hybridized carbons (Fsp3) is 0.514. The highest BCUT2D eigenvalue weighted by molar-refractivity contribution is 7.91. The maximum Gasteiger partial charge on any atom is 0.259 e. The molecule has 4 aliphatic rings. The highest BCUT2D eigenvalue weighted by Crippen LogP contribution is 2.45. The van der Waals surface area contributed by atoms with Gasteiger partial charge in [0.2, 0.25) is 21.8 Å². The zero-order valence-electron chi connectivity index (χ0n) is 29.3. The first-order valence-corrected chi connectivity index (χ1v) is 18.8. The number of hydroxylamine groups is 1. The fourth-order valence-corrected chi connectivity index (χ4v) is 7.97. The lowest BCUT2D eigenvalue weighted by molar-refractivity contribution is -0.146. The molecule has 0 unspecified atom stereocenters. The van der Waals surface area contributed by atoms with Crippen LogP contribution in [0.2, 0.25) is 0 Å². The number of amides is 3. The second kappa shape index (κ2) is 13.6. The molecular formula is C37H47N5O7S. The Morgan fingerprint density at radius 3 is 2.16 bits per heavy atom. The second-order valence-electron chi connectivity index (χ2n) is 15.4. The number of rotatable bonds is 13. The molecular weight excluding hydrogens is 659 g/mol. The van der Waals surface area contributed by atoms with Gasteiger partial charge in [0.1, 0.15) is 29.4 Å². The van der Waals surface area contributed by atoms with Gasteiger partial charge in [-0.2, -0.15) is 5.48 Å². The van der Waals surface area contributed by atoms with Crippen LogP contribution in [0.5, 0.6) is 0 Å². The molecule has 12 nitrogen and oxygen atoms in total. The van der Waals surface area contributed by atoms with Gasteiger partial charge < -0.3 is 19.9 Å². The number of carbonyl (C=O) groups excluding carboxylic acids is 3. The number of carbonyl (C=O) groups is 3. The monoisotopic (exact) mass is 705 g/mol. The predicted octanol–water partition coefficient (Wildman–Crippen LogP) is 3.67. The number of sulfonamides is 1. The summed E-state index contributed by atoms with van der Waals surface area (Å²) in [5.41, 5.74) is 5.88. The molecule has 2 aromatic carbocycles. The third kappa shape index (κ3) is 7.22. The number of fused-ring (bicyclic) bond motifs is 3. The molecule has 2 saturated carbocycles. The van der Waals surface area contributed by atoms with E-state index in [1.807, 2.05) is 83.1 Å². The molecule has 3 N–H and O–H groups in total. The molecule has 5 atom stereocenters. The van der Waals surface area contributed by atoms with Crippen molar-refractivity contribution < 1.29 is 32.5 Å². The Balaban J connectivity index is 1.25. The molecule has 3 amide bonds. The number of nitrogens with zero attached hydrogens (tertiary/aromatic N) is 2. The molecule has 1 aliphatic heterocycles. The van der Waals surface area contributed by atoms with Crippen molar-refractivity contribution in [1.82, 2.24) is 20.4 Å².